The zero-order chi connectivity index (χ0) is 23.5. The van der Waals surface area contributed by atoms with E-state index in [2.05, 4.69) is 25.7 Å². The van der Waals surface area contributed by atoms with Crippen LogP contribution in [0.4, 0.5) is 16.0 Å². The van der Waals surface area contributed by atoms with Crippen molar-refractivity contribution in [2.45, 2.75) is 43.6 Å². The Hall–Kier alpha value is -3.24. The second-order valence-electron chi connectivity index (χ2n) is 8.34. The van der Waals surface area contributed by atoms with Gasteiger partial charge in [-0.15, -0.1) is 5.10 Å². The van der Waals surface area contributed by atoms with Crippen LogP contribution in [0.2, 0.25) is 5.02 Å². The van der Waals surface area contributed by atoms with Crippen molar-refractivity contribution in [3.8, 4) is 5.75 Å². The Kier molecular flexibility index (Phi) is 6.34. The molecule has 176 valence electrons. The molecule has 0 aliphatic heterocycles. The van der Waals surface area contributed by atoms with Gasteiger partial charge in [0.15, 0.2) is 17.4 Å². The molecule has 1 aliphatic carbocycles. The second-order valence-corrected chi connectivity index (χ2v) is 9.12. The van der Waals surface area contributed by atoms with Crippen molar-refractivity contribution in [2.24, 2.45) is 0 Å². The SMILES string of the molecule is Fc1c(Cl)cccc1O[C@H]1CC[C@](Cc2cccc(Nc3cc[nH]n3)n2)(c2n[nH]c(=S)o2)CC1. The molecule has 11 heteroatoms. The minimum atomic E-state index is -0.538. The van der Waals surface area contributed by atoms with Crippen molar-refractivity contribution in [3.63, 3.8) is 0 Å². The van der Waals surface area contributed by atoms with E-state index >= 15 is 0 Å². The number of rotatable bonds is 7. The molecule has 4 aromatic rings. The first kappa shape index (κ1) is 22.5. The lowest BCUT2D eigenvalue weighted by molar-refractivity contribution is 0.0993. The van der Waals surface area contributed by atoms with Gasteiger partial charge in [-0.2, -0.15) is 5.10 Å². The minimum absolute atomic E-state index is 0.0466. The number of aromatic amines is 2. The average molecular weight is 501 g/mol. The molecular formula is C23H22ClFN6O2S. The van der Waals surface area contributed by atoms with Crippen LogP contribution in [-0.2, 0) is 11.8 Å². The first-order chi connectivity index (χ1) is 16.5. The molecule has 0 amide bonds. The van der Waals surface area contributed by atoms with Crippen molar-refractivity contribution >= 4 is 35.5 Å². The number of halogens is 2. The molecule has 0 bridgehead atoms. The second kappa shape index (κ2) is 9.55. The number of aromatic nitrogens is 5. The standard InChI is InChI=1S/C23H22ClFN6O2S/c24-16-4-2-5-17(20(16)25)32-15-7-10-23(11-8-15,21-30-31-22(34)33-21)13-14-3-1-6-18(27-14)28-19-9-12-26-29-19/h1-6,9,12,15H,7-8,10-11,13H2,(H,31,34)(H2,26,27,28,29)/t15-,23-. The molecule has 3 aromatic heterocycles. The van der Waals surface area contributed by atoms with E-state index in [-0.39, 0.29) is 21.7 Å². The van der Waals surface area contributed by atoms with Gasteiger partial charge in [0, 0.05) is 24.4 Å². The van der Waals surface area contributed by atoms with Gasteiger partial charge in [-0.05, 0) is 62.2 Å². The van der Waals surface area contributed by atoms with Crippen LogP contribution in [0.15, 0.2) is 53.1 Å². The Morgan fingerprint density at radius 2 is 1.97 bits per heavy atom. The normalized spacial score (nSPS) is 20.2. The van der Waals surface area contributed by atoms with E-state index in [1.54, 1.807) is 18.3 Å². The Labute approximate surface area is 204 Å². The summed E-state index contributed by atoms with van der Waals surface area (Å²) in [6.07, 6.45) is 4.98. The van der Waals surface area contributed by atoms with Crippen LogP contribution >= 0.6 is 23.8 Å². The van der Waals surface area contributed by atoms with Gasteiger partial charge in [0.25, 0.3) is 4.84 Å². The molecule has 1 fully saturated rings. The van der Waals surface area contributed by atoms with Crippen LogP contribution in [0.3, 0.4) is 0 Å². The number of nitrogens with one attached hydrogen (secondary N) is 3. The topological polar surface area (TPSA) is 105 Å². The summed E-state index contributed by atoms with van der Waals surface area (Å²) in [4.78, 5) is 4.99. The number of anilines is 2. The summed E-state index contributed by atoms with van der Waals surface area (Å²) < 4.78 is 26.0. The molecule has 1 aliphatic rings. The summed E-state index contributed by atoms with van der Waals surface area (Å²) >= 11 is 11.0. The molecular weight excluding hydrogens is 479 g/mol. The highest BCUT2D eigenvalue weighted by atomic mass is 35.5. The molecule has 0 atom stereocenters. The predicted molar refractivity (Wildman–Crippen MR) is 127 cm³/mol. The Balaban J connectivity index is 1.35. The van der Waals surface area contributed by atoms with Crippen LogP contribution in [0.25, 0.3) is 0 Å². The maximum absolute atomic E-state index is 14.3. The number of hydrogen-bond acceptors (Lipinski definition) is 7. The van der Waals surface area contributed by atoms with E-state index in [9.17, 15) is 4.39 Å². The van der Waals surface area contributed by atoms with E-state index in [0.29, 0.717) is 49.6 Å². The number of pyridine rings is 1. The summed E-state index contributed by atoms with van der Waals surface area (Å²) in [5, 5.41) is 17.2. The third-order valence-electron chi connectivity index (χ3n) is 6.07. The van der Waals surface area contributed by atoms with Crippen molar-refractivity contribution in [1.29, 1.82) is 0 Å². The molecule has 3 N–H and O–H groups in total. The average Bonchev–Trinajstić information content (AvgIpc) is 3.51. The lowest BCUT2D eigenvalue weighted by Crippen LogP contribution is -2.38. The molecule has 1 aromatic carbocycles. The molecule has 0 saturated heterocycles. The number of benzene rings is 1. The van der Waals surface area contributed by atoms with Crippen LogP contribution in [-0.4, -0.2) is 31.5 Å². The van der Waals surface area contributed by atoms with Gasteiger partial charge < -0.3 is 14.5 Å². The van der Waals surface area contributed by atoms with E-state index in [1.807, 2.05) is 24.3 Å². The Bertz CT molecular complexity index is 1320. The lowest BCUT2D eigenvalue weighted by Gasteiger charge is -2.37. The van der Waals surface area contributed by atoms with Crippen LogP contribution in [0.5, 0.6) is 5.75 Å². The summed E-state index contributed by atoms with van der Waals surface area (Å²) in [5.74, 6) is 1.56. The van der Waals surface area contributed by atoms with Gasteiger partial charge >= 0.3 is 0 Å². The fourth-order valence-electron chi connectivity index (χ4n) is 4.39. The highest BCUT2D eigenvalue weighted by Gasteiger charge is 2.42. The zero-order valence-corrected chi connectivity index (χ0v) is 19.6. The summed E-state index contributed by atoms with van der Waals surface area (Å²) in [6.45, 7) is 0. The van der Waals surface area contributed by atoms with Gasteiger partial charge in [0.2, 0.25) is 5.89 Å². The van der Waals surface area contributed by atoms with E-state index in [1.165, 1.54) is 6.07 Å². The van der Waals surface area contributed by atoms with Gasteiger partial charge in [-0.3, -0.25) is 5.10 Å². The van der Waals surface area contributed by atoms with E-state index < -0.39 is 11.2 Å². The summed E-state index contributed by atoms with van der Waals surface area (Å²) in [7, 11) is 0. The quantitative estimate of drug-likeness (QED) is 0.272. The van der Waals surface area contributed by atoms with Crippen molar-refractivity contribution < 1.29 is 13.5 Å². The molecule has 5 rings (SSSR count). The predicted octanol–water partition coefficient (Wildman–Crippen LogP) is 5.89. The third-order valence-corrected chi connectivity index (χ3v) is 6.54. The monoisotopic (exact) mass is 500 g/mol. The Morgan fingerprint density at radius 1 is 1.15 bits per heavy atom. The lowest BCUT2D eigenvalue weighted by atomic mass is 9.70. The van der Waals surface area contributed by atoms with E-state index in [4.69, 9.17) is 38.0 Å². The number of ether oxygens (including phenoxy) is 1. The largest absolute Gasteiger partial charge is 0.487 e. The third kappa shape index (κ3) is 4.83. The molecule has 0 radical (unpaired) electrons. The molecule has 1 saturated carbocycles. The zero-order valence-electron chi connectivity index (χ0n) is 18.1. The van der Waals surface area contributed by atoms with Crippen LogP contribution < -0.4 is 10.1 Å². The molecule has 8 nitrogen and oxygen atoms in total. The van der Waals surface area contributed by atoms with E-state index in [0.717, 1.165) is 5.69 Å². The number of nitrogens with zero attached hydrogens (tertiary/aromatic N) is 3. The highest BCUT2D eigenvalue weighted by molar-refractivity contribution is 7.71. The van der Waals surface area contributed by atoms with Gasteiger partial charge in [0.05, 0.1) is 16.5 Å². The number of H-pyrrole nitrogens is 2. The molecule has 3 heterocycles. The minimum Gasteiger partial charge on any atom is -0.487 e. The molecule has 34 heavy (non-hydrogen) atoms. The maximum atomic E-state index is 14.3. The highest BCUT2D eigenvalue weighted by Crippen LogP contribution is 2.42. The first-order valence-electron chi connectivity index (χ1n) is 10.9. The van der Waals surface area contributed by atoms with Crippen molar-refractivity contribution in [1.82, 2.24) is 25.4 Å². The maximum Gasteiger partial charge on any atom is 0.284 e. The van der Waals surface area contributed by atoms with Gasteiger partial charge in [0.1, 0.15) is 5.82 Å². The molecule has 0 spiro atoms. The van der Waals surface area contributed by atoms with Gasteiger partial charge in [-0.1, -0.05) is 23.7 Å². The van der Waals surface area contributed by atoms with Crippen molar-refractivity contribution in [2.75, 3.05) is 5.32 Å². The van der Waals surface area contributed by atoms with Gasteiger partial charge in [-0.25, -0.2) is 14.5 Å². The first-order valence-corrected chi connectivity index (χ1v) is 11.7. The smallest absolute Gasteiger partial charge is 0.284 e. The van der Waals surface area contributed by atoms with Crippen LogP contribution in [0.1, 0.15) is 37.3 Å². The van der Waals surface area contributed by atoms with Crippen molar-refractivity contribution in [3.05, 3.63) is 75.9 Å². The Morgan fingerprint density at radius 3 is 2.71 bits per heavy atom. The summed E-state index contributed by atoms with van der Waals surface area (Å²) in [5.41, 5.74) is 0.461. The summed E-state index contributed by atoms with van der Waals surface area (Å²) in [6, 6.07) is 12.4. The fraction of sp³-hybridized carbons (Fsp3) is 0.304. The fourth-order valence-corrected chi connectivity index (χ4v) is 4.69. The number of hydrogen-bond donors (Lipinski definition) is 3. The molecule has 0 unspecified atom stereocenters. The van der Waals surface area contributed by atoms with Crippen LogP contribution in [0, 0.1) is 10.7 Å².